The van der Waals surface area contributed by atoms with Crippen LogP contribution in [0.1, 0.15) is 64.6 Å². The molecule has 1 aliphatic rings. The second kappa shape index (κ2) is 8.49. The Hall–Kier alpha value is -2.23. The Kier molecular flexibility index (Phi) is 6.35. The van der Waals surface area contributed by atoms with Gasteiger partial charge in [0.1, 0.15) is 0 Å². The summed E-state index contributed by atoms with van der Waals surface area (Å²) < 4.78 is 27.2. The molecule has 1 unspecified atom stereocenters. The van der Waals surface area contributed by atoms with E-state index < -0.39 is 21.5 Å². The fourth-order valence-corrected chi connectivity index (χ4v) is 5.83. The number of aryl methyl sites for hydroxylation is 1. The molecule has 0 saturated carbocycles. The SMILES string of the molecule is CC1CCc2sc(C(=O)NNC(=O)c3ccc(S(=O)(=O)NC(C)(C)C)cc3)cc2C1. The number of sulfonamides is 1. The molecule has 9 heteroatoms. The normalized spacial score (nSPS) is 16.6. The number of benzene rings is 1. The van der Waals surface area contributed by atoms with Gasteiger partial charge in [-0.2, -0.15) is 0 Å². The third-order valence-electron chi connectivity index (χ3n) is 4.71. The lowest BCUT2D eigenvalue weighted by Gasteiger charge is -2.20. The molecule has 2 amide bonds. The average molecular weight is 450 g/mol. The van der Waals surface area contributed by atoms with Crippen LogP contribution in [0.2, 0.25) is 0 Å². The Morgan fingerprint density at radius 3 is 2.33 bits per heavy atom. The van der Waals surface area contributed by atoms with Crippen molar-refractivity contribution < 1.29 is 18.0 Å². The molecule has 0 radical (unpaired) electrons. The van der Waals surface area contributed by atoms with Crippen LogP contribution >= 0.6 is 11.3 Å². The quantitative estimate of drug-likeness (QED) is 0.624. The number of fused-ring (bicyclic) bond motifs is 1. The van der Waals surface area contributed by atoms with Gasteiger partial charge in [-0.25, -0.2) is 13.1 Å². The summed E-state index contributed by atoms with van der Waals surface area (Å²) in [5.74, 6) is -0.261. The molecule has 0 saturated heterocycles. The molecule has 0 spiro atoms. The van der Waals surface area contributed by atoms with Crippen molar-refractivity contribution in [3.63, 3.8) is 0 Å². The minimum absolute atomic E-state index is 0.0661. The molecule has 3 N–H and O–H groups in total. The van der Waals surface area contributed by atoms with E-state index in [2.05, 4.69) is 22.5 Å². The summed E-state index contributed by atoms with van der Waals surface area (Å²) in [5.41, 5.74) is 5.67. The van der Waals surface area contributed by atoms with E-state index in [1.54, 1.807) is 20.8 Å². The van der Waals surface area contributed by atoms with Gasteiger partial charge in [-0.05, 0) is 81.8 Å². The van der Waals surface area contributed by atoms with E-state index >= 15 is 0 Å². The molecule has 30 heavy (non-hydrogen) atoms. The highest BCUT2D eigenvalue weighted by Gasteiger charge is 2.23. The van der Waals surface area contributed by atoms with Gasteiger partial charge < -0.3 is 0 Å². The van der Waals surface area contributed by atoms with Gasteiger partial charge in [0.05, 0.1) is 9.77 Å². The standard InChI is InChI=1S/C21H27N3O4S2/c1-13-5-10-17-15(11-13)12-18(29-17)20(26)23-22-19(25)14-6-8-16(9-7-14)30(27,28)24-21(2,3)4/h6-9,12-13,24H,5,10-11H2,1-4H3,(H,22,25)(H,23,26). The smallest absolute Gasteiger partial charge is 0.267 e. The topological polar surface area (TPSA) is 104 Å². The van der Waals surface area contributed by atoms with Crippen LogP contribution in [0, 0.1) is 5.92 Å². The Bertz CT molecular complexity index is 1050. The van der Waals surface area contributed by atoms with Crippen molar-refractivity contribution in [3.05, 3.63) is 51.2 Å². The first-order valence-electron chi connectivity index (χ1n) is 9.81. The van der Waals surface area contributed by atoms with Crippen LogP contribution in [0.15, 0.2) is 35.2 Å². The van der Waals surface area contributed by atoms with Crippen molar-refractivity contribution in [1.29, 1.82) is 0 Å². The van der Waals surface area contributed by atoms with Crippen LogP contribution in [0.25, 0.3) is 0 Å². The first-order valence-corrected chi connectivity index (χ1v) is 12.1. The predicted molar refractivity (Wildman–Crippen MR) is 117 cm³/mol. The second-order valence-electron chi connectivity index (χ2n) is 8.70. The minimum Gasteiger partial charge on any atom is -0.267 e. The molecule has 1 aromatic carbocycles. The number of rotatable bonds is 4. The molecule has 1 aliphatic carbocycles. The Morgan fingerprint density at radius 2 is 1.70 bits per heavy atom. The first kappa shape index (κ1) is 22.5. The molecule has 0 fully saturated rings. The summed E-state index contributed by atoms with van der Waals surface area (Å²) in [7, 11) is -3.68. The van der Waals surface area contributed by atoms with Crippen LogP contribution in [-0.2, 0) is 22.9 Å². The molecular formula is C21H27N3O4S2. The molecular weight excluding hydrogens is 422 g/mol. The number of amides is 2. The summed E-state index contributed by atoms with van der Waals surface area (Å²) in [6, 6.07) is 7.44. The highest BCUT2D eigenvalue weighted by atomic mass is 32.2. The van der Waals surface area contributed by atoms with Gasteiger partial charge in [0.2, 0.25) is 10.0 Å². The van der Waals surface area contributed by atoms with Gasteiger partial charge in [-0.15, -0.1) is 11.3 Å². The lowest BCUT2D eigenvalue weighted by atomic mass is 9.90. The van der Waals surface area contributed by atoms with Crippen molar-refractivity contribution in [2.75, 3.05) is 0 Å². The molecule has 7 nitrogen and oxygen atoms in total. The van der Waals surface area contributed by atoms with Crippen molar-refractivity contribution in [2.45, 2.75) is 57.4 Å². The number of nitrogens with one attached hydrogen (secondary N) is 3. The molecule has 2 aromatic rings. The Labute approximate surface area is 181 Å². The monoisotopic (exact) mass is 449 g/mol. The van der Waals surface area contributed by atoms with Gasteiger partial charge >= 0.3 is 0 Å². The van der Waals surface area contributed by atoms with Crippen molar-refractivity contribution >= 4 is 33.2 Å². The number of carbonyl (C=O) groups is 2. The largest absolute Gasteiger partial charge is 0.279 e. The summed E-state index contributed by atoms with van der Waals surface area (Å²) in [4.78, 5) is 26.6. The van der Waals surface area contributed by atoms with E-state index in [0.717, 1.165) is 19.3 Å². The number of hydrogen-bond acceptors (Lipinski definition) is 5. The van der Waals surface area contributed by atoms with Crippen LogP contribution in [0.3, 0.4) is 0 Å². The second-order valence-corrected chi connectivity index (χ2v) is 11.5. The highest BCUT2D eigenvalue weighted by Crippen LogP contribution is 2.32. The van der Waals surface area contributed by atoms with Gasteiger partial charge in [0.25, 0.3) is 11.8 Å². The van der Waals surface area contributed by atoms with Crippen molar-refractivity contribution in [3.8, 4) is 0 Å². The Morgan fingerprint density at radius 1 is 1.07 bits per heavy atom. The number of hydrogen-bond donors (Lipinski definition) is 3. The van der Waals surface area contributed by atoms with E-state index in [4.69, 9.17) is 0 Å². The third kappa shape index (κ3) is 5.47. The average Bonchev–Trinajstić information content (AvgIpc) is 3.07. The lowest BCUT2D eigenvalue weighted by molar-refractivity contribution is 0.0849. The van der Waals surface area contributed by atoms with Crippen LogP contribution in [0.4, 0.5) is 0 Å². The van der Waals surface area contributed by atoms with Crippen LogP contribution < -0.4 is 15.6 Å². The maximum Gasteiger partial charge on any atom is 0.279 e. The zero-order valence-corrected chi connectivity index (χ0v) is 19.2. The number of carbonyl (C=O) groups excluding carboxylic acids is 2. The summed E-state index contributed by atoms with van der Waals surface area (Å²) in [6.45, 7) is 7.45. The van der Waals surface area contributed by atoms with Crippen molar-refractivity contribution in [2.24, 2.45) is 5.92 Å². The molecule has 0 bridgehead atoms. The number of hydrazine groups is 1. The third-order valence-corrected chi connectivity index (χ3v) is 7.72. The van der Waals surface area contributed by atoms with Crippen molar-refractivity contribution in [1.82, 2.24) is 15.6 Å². The fourth-order valence-electron chi connectivity index (χ4n) is 3.31. The van der Waals surface area contributed by atoms with Crippen LogP contribution in [0.5, 0.6) is 0 Å². The van der Waals surface area contributed by atoms with E-state index in [1.807, 2.05) is 6.07 Å². The molecule has 162 valence electrons. The summed E-state index contributed by atoms with van der Waals surface area (Å²) in [6.07, 6.45) is 3.09. The van der Waals surface area contributed by atoms with Crippen LogP contribution in [-0.4, -0.2) is 25.8 Å². The van der Waals surface area contributed by atoms with E-state index in [-0.39, 0.29) is 16.4 Å². The van der Waals surface area contributed by atoms with E-state index in [0.29, 0.717) is 10.8 Å². The van der Waals surface area contributed by atoms with Gasteiger partial charge in [0, 0.05) is 16.0 Å². The lowest BCUT2D eigenvalue weighted by Crippen LogP contribution is -2.41. The minimum atomic E-state index is -3.68. The molecule has 1 heterocycles. The van der Waals surface area contributed by atoms with Gasteiger partial charge in [-0.3, -0.25) is 20.4 Å². The maximum absolute atomic E-state index is 12.4. The fraction of sp³-hybridized carbons (Fsp3) is 0.429. The Balaban J connectivity index is 1.61. The molecule has 1 atom stereocenters. The summed E-state index contributed by atoms with van der Waals surface area (Å²) in [5, 5.41) is 0. The van der Waals surface area contributed by atoms with E-state index in [9.17, 15) is 18.0 Å². The van der Waals surface area contributed by atoms with E-state index in [1.165, 1.54) is 46.0 Å². The molecule has 0 aliphatic heterocycles. The van der Waals surface area contributed by atoms with Gasteiger partial charge in [-0.1, -0.05) is 6.92 Å². The number of thiophene rings is 1. The summed E-state index contributed by atoms with van der Waals surface area (Å²) >= 11 is 1.47. The maximum atomic E-state index is 12.4. The zero-order valence-electron chi connectivity index (χ0n) is 17.5. The molecule has 3 rings (SSSR count). The zero-order chi connectivity index (χ0) is 22.1. The highest BCUT2D eigenvalue weighted by molar-refractivity contribution is 7.89. The predicted octanol–water partition coefficient (Wildman–Crippen LogP) is 3.02. The van der Waals surface area contributed by atoms with Gasteiger partial charge in [0.15, 0.2) is 0 Å². The molecule has 1 aromatic heterocycles. The first-order chi connectivity index (χ1) is 13.9.